The number of hydrogen-bond donors (Lipinski definition) is 1. The van der Waals surface area contributed by atoms with Gasteiger partial charge in [-0.3, -0.25) is 9.36 Å². The summed E-state index contributed by atoms with van der Waals surface area (Å²) in [5.41, 5.74) is 2.62. The van der Waals surface area contributed by atoms with E-state index in [1.807, 2.05) is 30.3 Å². The van der Waals surface area contributed by atoms with Crippen molar-refractivity contribution in [2.75, 3.05) is 13.7 Å². The number of aromatic nitrogens is 1. The summed E-state index contributed by atoms with van der Waals surface area (Å²) < 4.78 is 18.7. The minimum atomic E-state index is -1.03. The third kappa shape index (κ3) is 6.11. The van der Waals surface area contributed by atoms with E-state index in [9.17, 15) is 19.5 Å². The van der Waals surface area contributed by atoms with Gasteiger partial charge in [0.2, 0.25) is 0 Å². The zero-order valence-electron chi connectivity index (χ0n) is 23.5. The molecule has 0 spiro atoms. The van der Waals surface area contributed by atoms with Crippen LogP contribution in [0.5, 0.6) is 11.5 Å². The summed E-state index contributed by atoms with van der Waals surface area (Å²) in [6.45, 7) is 3.73. The molecule has 11 heteroatoms. The van der Waals surface area contributed by atoms with Gasteiger partial charge < -0.3 is 19.3 Å². The van der Waals surface area contributed by atoms with Crippen LogP contribution in [-0.2, 0) is 16.1 Å². The lowest BCUT2D eigenvalue weighted by molar-refractivity contribution is -0.139. The third-order valence-corrected chi connectivity index (χ3v) is 8.00. The molecule has 1 aromatic heterocycles. The van der Waals surface area contributed by atoms with Crippen molar-refractivity contribution in [2.24, 2.45) is 4.99 Å². The van der Waals surface area contributed by atoms with Crippen molar-refractivity contribution in [1.82, 2.24) is 4.57 Å². The Hall–Kier alpha value is -4.67. The zero-order chi connectivity index (χ0) is 30.7. The van der Waals surface area contributed by atoms with Crippen LogP contribution < -0.4 is 24.4 Å². The SMILES string of the molecule is CCOC(=O)C1=C(C)N=c2s/c(=C/c3cc(Cl)c(OCc4cccc(C(=O)O)c4)c(OC)c3)c(=O)n2[C@@H]1c1ccccc1. The molecule has 0 unspecified atom stereocenters. The van der Waals surface area contributed by atoms with Crippen LogP contribution in [0, 0.1) is 0 Å². The predicted octanol–water partition coefficient (Wildman–Crippen LogP) is 4.74. The van der Waals surface area contributed by atoms with Gasteiger partial charge in [0.15, 0.2) is 16.3 Å². The molecule has 4 aromatic rings. The van der Waals surface area contributed by atoms with Crippen LogP contribution in [0.1, 0.15) is 46.9 Å². The Kier molecular flexibility index (Phi) is 8.79. The summed E-state index contributed by atoms with van der Waals surface area (Å²) in [5, 5.41) is 9.50. The van der Waals surface area contributed by atoms with Gasteiger partial charge >= 0.3 is 11.9 Å². The lowest BCUT2D eigenvalue weighted by Crippen LogP contribution is -2.39. The van der Waals surface area contributed by atoms with Crippen molar-refractivity contribution in [1.29, 1.82) is 0 Å². The number of methoxy groups -OCH3 is 1. The second-order valence-corrected chi connectivity index (χ2v) is 11.0. The van der Waals surface area contributed by atoms with Crippen molar-refractivity contribution >= 4 is 41.0 Å². The lowest BCUT2D eigenvalue weighted by Gasteiger charge is -2.24. The van der Waals surface area contributed by atoms with Gasteiger partial charge in [0.1, 0.15) is 6.61 Å². The molecule has 0 aliphatic carbocycles. The summed E-state index contributed by atoms with van der Waals surface area (Å²) in [5.74, 6) is -0.936. The van der Waals surface area contributed by atoms with Crippen molar-refractivity contribution in [3.63, 3.8) is 0 Å². The van der Waals surface area contributed by atoms with Gasteiger partial charge in [-0.1, -0.05) is 65.4 Å². The fraction of sp³-hybridized carbons (Fsp3) is 0.188. The number of esters is 1. The highest BCUT2D eigenvalue weighted by Gasteiger charge is 2.33. The van der Waals surface area contributed by atoms with E-state index in [0.717, 1.165) is 5.56 Å². The maximum atomic E-state index is 13.9. The first-order chi connectivity index (χ1) is 20.7. The summed E-state index contributed by atoms with van der Waals surface area (Å²) in [6.07, 6.45) is 1.68. The molecule has 0 radical (unpaired) electrons. The quantitative estimate of drug-likeness (QED) is 0.269. The normalized spacial score (nSPS) is 14.6. The topological polar surface area (TPSA) is 116 Å². The first-order valence-corrected chi connectivity index (χ1v) is 14.5. The number of ether oxygens (including phenoxy) is 3. The van der Waals surface area contributed by atoms with Gasteiger partial charge in [0.25, 0.3) is 5.56 Å². The maximum Gasteiger partial charge on any atom is 0.338 e. The number of nitrogens with zero attached hydrogens (tertiary/aromatic N) is 2. The molecule has 43 heavy (non-hydrogen) atoms. The molecule has 1 atom stereocenters. The first-order valence-electron chi connectivity index (χ1n) is 13.3. The molecule has 0 amide bonds. The van der Waals surface area contributed by atoms with Crippen LogP contribution in [0.15, 0.2) is 87.8 Å². The molecule has 0 fully saturated rings. The van der Waals surface area contributed by atoms with Crippen molar-refractivity contribution < 1.29 is 28.9 Å². The number of hydrogen-bond acceptors (Lipinski definition) is 8. The van der Waals surface area contributed by atoms with Gasteiger partial charge in [0.05, 0.1) is 46.1 Å². The smallest absolute Gasteiger partial charge is 0.338 e. The monoisotopic (exact) mass is 618 g/mol. The number of carbonyl (C=O) groups is 2. The van der Waals surface area contributed by atoms with Gasteiger partial charge in [-0.25, -0.2) is 14.6 Å². The molecule has 1 aliphatic heterocycles. The second-order valence-electron chi connectivity index (χ2n) is 9.54. The minimum Gasteiger partial charge on any atom is -0.493 e. The fourth-order valence-corrected chi connectivity index (χ4v) is 6.13. The number of thiazole rings is 1. The molecule has 5 rings (SSSR count). The van der Waals surface area contributed by atoms with E-state index >= 15 is 0 Å². The largest absolute Gasteiger partial charge is 0.493 e. The zero-order valence-corrected chi connectivity index (χ0v) is 25.1. The van der Waals surface area contributed by atoms with Crippen LogP contribution in [0.4, 0.5) is 0 Å². The number of halogens is 1. The summed E-state index contributed by atoms with van der Waals surface area (Å²) >= 11 is 7.80. The number of benzene rings is 3. The Morgan fingerprint density at radius 2 is 1.88 bits per heavy atom. The molecular formula is C32H27ClN2O7S. The molecule has 220 valence electrons. The number of fused-ring (bicyclic) bond motifs is 1. The van der Waals surface area contributed by atoms with Crippen molar-refractivity contribution in [3.05, 3.63) is 125 Å². The van der Waals surface area contributed by atoms with Gasteiger partial charge in [-0.15, -0.1) is 0 Å². The minimum absolute atomic E-state index is 0.0663. The van der Waals surface area contributed by atoms with E-state index < -0.39 is 18.0 Å². The van der Waals surface area contributed by atoms with Crippen LogP contribution in [-0.4, -0.2) is 35.3 Å². The fourth-order valence-electron chi connectivity index (χ4n) is 4.81. The molecular weight excluding hydrogens is 592 g/mol. The van der Waals surface area contributed by atoms with Crippen LogP contribution in [0.25, 0.3) is 6.08 Å². The predicted molar refractivity (Wildman–Crippen MR) is 163 cm³/mol. The maximum absolute atomic E-state index is 13.9. The summed E-state index contributed by atoms with van der Waals surface area (Å²) in [6, 6.07) is 18.3. The Bertz CT molecular complexity index is 1930. The van der Waals surface area contributed by atoms with Crippen LogP contribution >= 0.6 is 22.9 Å². The number of carboxylic acids is 1. The van der Waals surface area contributed by atoms with Gasteiger partial charge in [-0.2, -0.15) is 0 Å². The Labute approximate surface area is 255 Å². The van der Waals surface area contributed by atoms with E-state index in [1.54, 1.807) is 44.2 Å². The highest BCUT2D eigenvalue weighted by molar-refractivity contribution is 7.07. The highest BCUT2D eigenvalue weighted by atomic mass is 35.5. The van der Waals surface area contributed by atoms with E-state index in [1.165, 1.54) is 35.1 Å². The molecule has 0 saturated carbocycles. The number of carbonyl (C=O) groups excluding carboxylic acids is 1. The third-order valence-electron chi connectivity index (χ3n) is 6.74. The van der Waals surface area contributed by atoms with Crippen LogP contribution in [0.3, 0.4) is 0 Å². The number of aromatic carboxylic acids is 1. The van der Waals surface area contributed by atoms with E-state index in [0.29, 0.717) is 37.5 Å². The standard InChI is InChI=1S/C32H27ClN2O7S/c1-4-41-31(39)26-18(2)34-32-35(27(26)21-10-6-5-7-11-21)29(36)25(43-32)16-20-14-23(33)28(24(15-20)40-3)42-17-19-9-8-12-22(13-19)30(37)38/h5-16,27H,4,17H2,1-3H3,(H,37,38)/b25-16+/t27-/m1/s1. The van der Waals surface area contributed by atoms with Crippen LogP contribution in [0.2, 0.25) is 5.02 Å². The molecule has 1 aliphatic rings. The van der Waals surface area contributed by atoms with Crippen molar-refractivity contribution in [3.8, 4) is 11.5 Å². The molecule has 1 N–H and O–H groups in total. The number of carboxylic acid groups (broad SMARTS) is 1. The number of rotatable bonds is 9. The molecule has 9 nitrogen and oxygen atoms in total. The van der Waals surface area contributed by atoms with E-state index in [-0.39, 0.29) is 35.1 Å². The summed E-state index contributed by atoms with van der Waals surface area (Å²) in [7, 11) is 1.47. The van der Waals surface area contributed by atoms with Gasteiger partial charge in [-0.05, 0) is 60.9 Å². The number of allylic oxidation sites excluding steroid dienone is 1. The molecule has 0 bridgehead atoms. The van der Waals surface area contributed by atoms with Crippen molar-refractivity contribution in [2.45, 2.75) is 26.5 Å². The molecule has 3 aromatic carbocycles. The lowest BCUT2D eigenvalue weighted by atomic mass is 9.96. The first kappa shape index (κ1) is 29.8. The van der Waals surface area contributed by atoms with E-state index in [4.69, 9.17) is 25.8 Å². The molecule has 2 heterocycles. The van der Waals surface area contributed by atoms with Gasteiger partial charge in [0, 0.05) is 0 Å². The highest BCUT2D eigenvalue weighted by Crippen LogP contribution is 2.37. The average molecular weight is 619 g/mol. The Balaban J connectivity index is 1.54. The second kappa shape index (κ2) is 12.7. The average Bonchev–Trinajstić information content (AvgIpc) is 3.29. The van der Waals surface area contributed by atoms with E-state index in [2.05, 4.69) is 4.99 Å². The molecule has 0 saturated heterocycles. The summed E-state index contributed by atoms with van der Waals surface area (Å²) in [4.78, 5) is 43.2. The Morgan fingerprint density at radius 3 is 2.58 bits per heavy atom. The Morgan fingerprint density at radius 1 is 1.12 bits per heavy atom.